The molecule has 0 aliphatic carbocycles. The zero-order valence-electron chi connectivity index (χ0n) is 34.9. The second-order valence-corrected chi connectivity index (χ2v) is 27.7. The van der Waals surface area contributed by atoms with Crippen molar-refractivity contribution in [1.29, 1.82) is 10.5 Å². The van der Waals surface area contributed by atoms with Crippen molar-refractivity contribution in [2.45, 2.75) is 85.7 Å². The van der Waals surface area contributed by atoms with Gasteiger partial charge >= 0.3 is 169 Å². The minimum Gasteiger partial charge on any atom is -0.354 e. The summed E-state index contributed by atoms with van der Waals surface area (Å²) in [4.78, 5) is 29.9. The summed E-state index contributed by atoms with van der Waals surface area (Å²) in [6.07, 6.45) is 6.52. The van der Waals surface area contributed by atoms with E-state index in [9.17, 15) is 22.8 Å². The van der Waals surface area contributed by atoms with E-state index in [0.29, 0.717) is 16.8 Å². The van der Waals surface area contributed by atoms with Crippen molar-refractivity contribution in [3.63, 3.8) is 0 Å². The Hall–Kier alpha value is -6.14. The van der Waals surface area contributed by atoms with E-state index < -0.39 is 47.3 Å². The van der Waals surface area contributed by atoms with E-state index in [1.807, 2.05) is 30.3 Å². The molecule has 1 amide bonds. The van der Waals surface area contributed by atoms with Gasteiger partial charge in [0.05, 0.1) is 34.8 Å². The van der Waals surface area contributed by atoms with Crippen molar-refractivity contribution >= 4 is 28.0 Å². The summed E-state index contributed by atoms with van der Waals surface area (Å²) < 4.78 is 50.1. The number of nitriles is 2. The molecule has 61 heavy (non-hydrogen) atoms. The van der Waals surface area contributed by atoms with Gasteiger partial charge in [0.15, 0.2) is 5.69 Å². The fourth-order valence-corrected chi connectivity index (χ4v) is 23.2. The summed E-state index contributed by atoms with van der Waals surface area (Å²) in [7, 11) is 1.31. The minimum atomic E-state index is -4.63. The van der Waals surface area contributed by atoms with Gasteiger partial charge in [-0.25, -0.2) is 9.67 Å². The van der Waals surface area contributed by atoms with Crippen LogP contribution in [0.5, 0.6) is 0 Å². The van der Waals surface area contributed by atoms with Crippen molar-refractivity contribution < 1.29 is 18.0 Å². The number of nitrogens with one attached hydrogen (secondary N) is 1. The average molecular weight is 939 g/mol. The topological polar surface area (TPSA) is 173 Å². The predicted molar refractivity (Wildman–Crippen MR) is 229 cm³/mol. The molecule has 0 bridgehead atoms. The van der Waals surface area contributed by atoms with Gasteiger partial charge in [-0.05, 0) is 49.4 Å². The van der Waals surface area contributed by atoms with Crippen LogP contribution in [-0.4, -0.2) is 70.9 Å². The molecule has 17 heteroatoms. The van der Waals surface area contributed by atoms with Crippen LogP contribution in [0.1, 0.15) is 92.2 Å². The van der Waals surface area contributed by atoms with Crippen molar-refractivity contribution in [3.05, 3.63) is 124 Å². The molecule has 0 atom stereocenters. The maximum absolute atomic E-state index is 13.3. The Bertz CT molecular complexity index is 2550. The van der Waals surface area contributed by atoms with Gasteiger partial charge in [0.2, 0.25) is 0 Å². The van der Waals surface area contributed by atoms with Crippen LogP contribution >= 0.6 is 0 Å². The summed E-state index contributed by atoms with van der Waals surface area (Å²) in [6, 6.07) is 22.6. The molecule has 316 valence electrons. The number of hydrogen-bond acceptors (Lipinski definition) is 9. The number of aromatic nitrogens is 8. The molecule has 13 nitrogen and oxygen atoms in total. The maximum Gasteiger partial charge on any atom is 0.416 e. The van der Waals surface area contributed by atoms with Gasteiger partial charge in [0.1, 0.15) is 11.4 Å². The first kappa shape index (κ1) is 45.9. The number of unbranched alkanes of at least 4 members (excludes halogenated alkanes) is 3. The number of carbonyl (C=O) groups is 1. The summed E-state index contributed by atoms with van der Waals surface area (Å²) in [5.74, 6) is -0.811. The first-order valence-electron chi connectivity index (χ1n) is 20.2. The Balaban J connectivity index is 0.000000242. The summed E-state index contributed by atoms with van der Waals surface area (Å²) in [5.41, 5.74) is 0.766. The van der Waals surface area contributed by atoms with Gasteiger partial charge in [-0.15, -0.1) is 5.10 Å². The Kier molecular flexibility index (Phi) is 15.7. The standard InChI is InChI=1S/C23H16F3N7O2.C9H5N4.3C4H9.Sn/c1-13-19(18-12-29-31-33(18)16-8-6-14(11-27)7-9-16)30-20(21(34)28-2)22(35)32(13)17-5-3-4-15(10-17)23(24,25)26;10-7-8-1-3-9(4-2-8)13-6-5-11-12-13;3*1-3-4-2;/h3-10,12H,1-2H3,(H,28,34);1-5H;3*1,3-4H2,2H3;. The van der Waals surface area contributed by atoms with Crippen molar-refractivity contribution in [1.82, 2.24) is 44.9 Å². The molecule has 0 aliphatic rings. The molecule has 6 rings (SSSR count). The van der Waals surface area contributed by atoms with Gasteiger partial charge in [0.25, 0.3) is 11.5 Å². The van der Waals surface area contributed by atoms with Crippen LogP contribution in [0.4, 0.5) is 13.2 Å². The number of hydrogen-bond donors (Lipinski definition) is 1. The number of rotatable bonds is 15. The fourth-order valence-electron chi connectivity index (χ4n) is 7.28. The van der Waals surface area contributed by atoms with Crippen LogP contribution in [0.25, 0.3) is 28.5 Å². The number of carbonyl (C=O) groups excluding carboxylic acids is 1. The second-order valence-electron chi connectivity index (χ2n) is 14.6. The van der Waals surface area contributed by atoms with Crippen molar-refractivity contribution in [2.24, 2.45) is 0 Å². The van der Waals surface area contributed by atoms with Gasteiger partial charge in [0, 0.05) is 12.7 Å². The molecule has 0 unspecified atom stereocenters. The molecule has 0 spiro atoms. The first-order chi connectivity index (χ1) is 29.4. The molecule has 0 saturated carbocycles. The number of benzene rings is 3. The Morgan fingerprint density at radius 2 is 1.30 bits per heavy atom. The summed E-state index contributed by atoms with van der Waals surface area (Å²) >= 11 is -2.58. The van der Waals surface area contributed by atoms with Crippen molar-refractivity contribution in [2.75, 3.05) is 7.05 Å². The quantitative estimate of drug-likeness (QED) is 0.0996. The first-order valence-corrected chi connectivity index (χ1v) is 27.7. The normalized spacial score (nSPS) is 11.3. The van der Waals surface area contributed by atoms with E-state index in [0.717, 1.165) is 22.4 Å². The van der Waals surface area contributed by atoms with Gasteiger partial charge in [-0.1, -0.05) is 11.3 Å². The molecule has 3 heterocycles. The molecule has 0 aliphatic heterocycles. The molecule has 0 saturated heterocycles. The van der Waals surface area contributed by atoms with Crippen LogP contribution in [0.3, 0.4) is 0 Å². The van der Waals surface area contributed by atoms with Gasteiger partial charge < -0.3 is 5.32 Å². The molecule has 0 fully saturated rings. The third kappa shape index (κ3) is 10.6. The van der Waals surface area contributed by atoms with E-state index in [1.54, 1.807) is 24.3 Å². The zero-order valence-corrected chi connectivity index (χ0v) is 37.7. The van der Waals surface area contributed by atoms with Crippen LogP contribution < -0.4 is 14.6 Å². The zero-order chi connectivity index (χ0) is 44.2. The maximum atomic E-state index is 13.3. The number of halogens is 3. The summed E-state index contributed by atoms with van der Waals surface area (Å²) in [6.45, 7) is 8.39. The number of nitrogens with zero attached hydrogens (tertiary/aromatic N) is 10. The third-order valence-electron chi connectivity index (χ3n) is 10.6. The average Bonchev–Trinajstić information content (AvgIpc) is 3.98. The van der Waals surface area contributed by atoms with Crippen LogP contribution in [0.2, 0.25) is 13.3 Å². The van der Waals surface area contributed by atoms with Gasteiger partial charge in [-0.2, -0.15) is 18.4 Å². The van der Waals surface area contributed by atoms with Crippen LogP contribution in [0.15, 0.2) is 90.0 Å². The molecule has 0 radical (unpaired) electrons. The van der Waals surface area contributed by atoms with E-state index in [1.165, 1.54) is 92.5 Å². The Labute approximate surface area is 356 Å². The molecule has 6 aromatic rings. The predicted octanol–water partition coefficient (Wildman–Crippen LogP) is 8.23. The number of alkyl halides is 3. The third-order valence-corrected chi connectivity index (χ3v) is 25.9. The largest absolute Gasteiger partial charge is 0.416 e. The van der Waals surface area contributed by atoms with E-state index in [2.05, 4.69) is 68.6 Å². The Morgan fingerprint density at radius 1 is 0.770 bits per heavy atom. The SMILES string of the molecule is CCC[CH2][Sn]([CH2]CCC)([CH2]CCC)[c]1cnnn1-c1ccc(C#N)cc1.CNC(=O)c1nc(-c2cnnn2-c2ccc(C#N)cc2)c(C)n(-c2cccc(C(F)(F)F)c2)c1=O. The molecule has 1 N–H and O–H groups in total. The van der Waals surface area contributed by atoms with Crippen LogP contribution in [0, 0.1) is 29.6 Å². The summed E-state index contributed by atoms with van der Waals surface area (Å²) in [5, 5.41) is 37.1. The van der Waals surface area contributed by atoms with E-state index in [4.69, 9.17) is 10.5 Å². The number of amides is 1. The minimum absolute atomic E-state index is 0.0893. The Morgan fingerprint density at radius 3 is 1.80 bits per heavy atom. The molecular weight excluding hydrogens is 890 g/mol. The fraction of sp³-hybridized carbons (Fsp3) is 0.341. The smallest absolute Gasteiger partial charge is 0.354 e. The molecule has 3 aromatic carbocycles. The molecule has 3 aromatic heterocycles. The van der Waals surface area contributed by atoms with Crippen molar-refractivity contribution in [3.8, 4) is 40.6 Å². The van der Waals surface area contributed by atoms with E-state index in [-0.39, 0.29) is 22.8 Å². The van der Waals surface area contributed by atoms with Gasteiger partial charge in [-0.3, -0.25) is 14.2 Å². The van der Waals surface area contributed by atoms with Crippen LogP contribution in [-0.2, 0) is 6.18 Å². The monoisotopic (exact) mass is 939 g/mol. The second kappa shape index (κ2) is 20.9. The molecular formula is C44H48F3N11O2Sn. The van der Waals surface area contributed by atoms with E-state index >= 15 is 0 Å².